The van der Waals surface area contributed by atoms with Crippen molar-refractivity contribution in [3.63, 3.8) is 0 Å². The van der Waals surface area contributed by atoms with Gasteiger partial charge in [0, 0.05) is 17.8 Å². The summed E-state index contributed by atoms with van der Waals surface area (Å²) in [5.41, 5.74) is 1.12. The lowest BCUT2D eigenvalue weighted by atomic mass is 10.1. The van der Waals surface area contributed by atoms with Crippen LogP contribution in [0.2, 0.25) is 0 Å². The molecule has 0 radical (unpaired) electrons. The second-order valence-corrected chi connectivity index (χ2v) is 6.38. The molecule has 140 valence electrons. The molecular formula is C20H21FN4O2. The summed E-state index contributed by atoms with van der Waals surface area (Å²) in [6, 6.07) is 9.27. The van der Waals surface area contributed by atoms with E-state index in [2.05, 4.69) is 15.6 Å². The number of imidazole rings is 1. The highest BCUT2D eigenvalue weighted by Gasteiger charge is 2.16. The predicted octanol–water partition coefficient (Wildman–Crippen LogP) is 3.64. The Balaban J connectivity index is 1.80. The number of hydrogen-bond donors (Lipinski definition) is 2. The first-order valence-corrected chi connectivity index (χ1v) is 8.83. The molecule has 0 aliphatic rings. The van der Waals surface area contributed by atoms with Gasteiger partial charge in [-0.05, 0) is 43.7 Å². The molecule has 2 aromatic heterocycles. The Bertz CT molecular complexity index is 983. The average Bonchev–Trinajstić information content (AvgIpc) is 3.07. The summed E-state index contributed by atoms with van der Waals surface area (Å²) in [4.78, 5) is 29.0. The maximum atomic E-state index is 14.2. The highest BCUT2D eigenvalue weighted by Crippen LogP contribution is 2.18. The summed E-state index contributed by atoms with van der Waals surface area (Å²) in [5.74, 6) is -1.43. The number of carbonyl (C=O) groups excluding carboxylic acids is 2. The maximum Gasteiger partial charge on any atom is 0.274 e. The molecule has 2 amide bonds. The van der Waals surface area contributed by atoms with Crippen molar-refractivity contribution in [3.8, 4) is 0 Å². The van der Waals surface area contributed by atoms with E-state index in [1.165, 1.54) is 24.4 Å². The first kappa shape index (κ1) is 18.6. The number of benzene rings is 1. The molecule has 0 aliphatic heterocycles. The van der Waals surface area contributed by atoms with E-state index in [0.717, 1.165) is 12.8 Å². The second-order valence-electron chi connectivity index (χ2n) is 6.38. The van der Waals surface area contributed by atoms with Crippen LogP contribution in [0.15, 0.2) is 48.8 Å². The molecule has 0 saturated heterocycles. The van der Waals surface area contributed by atoms with Gasteiger partial charge in [-0.25, -0.2) is 9.37 Å². The first-order valence-electron chi connectivity index (χ1n) is 8.83. The molecule has 27 heavy (non-hydrogen) atoms. The molecule has 1 atom stereocenters. The summed E-state index contributed by atoms with van der Waals surface area (Å²) in [7, 11) is 0. The van der Waals surface area contributed by atoms with Crippen LogP contribution in [0.3, 0.4) is 0 Å². The van der Waals surface area contributed by atoms with E-state index in [1.807, 2.05) is 19.9 Å². The van der Waals surface area contributed by atoms with Crippen LogP contribution < -0.4 is 10.6 Å². The van der Waals surface area contributed by atoms with E-state index in [-0.39, 0.29) is 28.9 Å². The molecule has 6 nitrogen and oxygen atoms in total. The summed E-state index contributed by atoms with van der Waals surface area (Å²) in [6.45, 7) is 3.95. The zero-order chi connectivity index (χ0) is 19.4. The number of carbonyl (C=O) groups is 2. The molecule has 7 heteroatoms. The fraction of sp³-hybridized carbons (Fsp3) is 0.250. The number of aromatic nitrogens is 2. The molecule has 0 bridgehead atoms. The van der Waals surface area contributed by atoms with Crippen molar-refractivity contribution in [2.75, 3.05) is 5.32 Å². The van der Waals surface area contributed by atoms with Gasteiger partial charge in [-0.2, -0.15) is 0 Å². The van der Waals surface area contributed by atoms with Crippen molar-refractivity contribution in [1.82, 2.24) is 14.7 Å². The predicted molar refractivity (Wildman–Crippen MR) is 101 cm³/mol. The fourth-order valence-corrected chi connectivity index (χ4v) is 2.86. The van der Waals surface area contributed by atoms with E-state index in [9.17, 15) is 14.0 Å². The van der Waals surface area contributed by atoms with Gasteiger partial charge in [0.15, 0.2) is 0 Å². The van der Waals surface area contributed by atoms with Gasteiger partial charge >= 0.3 is 0 Å². The van der Waals surface area contributed by atoms with E-state index in [1.54, 1.807) is 22.7 Å². The number of anilines is 1. The van der Waals surface area contributed by atoms with Gasteiger partial charge in [-0.1, -0.05) is 19.4 Å². The van der Waals surface area contributed by atoms with Gasteiger partial charge in [0.2, 0.25) is 0 Å². The van der Waals surface area contributed by atoms with Crippen LogP contribution in [0.4, 0.5) is 10.1 Å². The van der Waals surface area contributed by atoms with Crippen molar-refractivity contribution < 1.29 is 14.0 Å². The van der Waals surface area contributed by atoms with Gasteiger partial charge in [0.1, 0.15) is 17.2 Å². The van der Waals surface area contributed by atoms with Crippen LogP contribution in [-0.2, 0) is 0 Å². The van der Waals surface area contributed by atoms with E-state index < -0.39 is 11.7 Å². The zero-order valence-corrected chi connectivity index (χ0v) is 15.2. The van der Waals surface area contributed by atoms with Gasteiger partial charge in [0.25, 0.3) is 11.8 Å². The molecule has 0 aliphatic carbocycles. The highest BCUT2D eigenvalue weighted by molar-refractivity contribution is 6.04. The van der Waals surface area contributed by atoms with Crippen LogP contribution in [0.25, 0.3) is 5.65 Å². The van der Waals surface area contributed by atoms with Gasteiger partial charge in [-0.15, -0.1) is 0 Å². The molecule has 3 rings (SSSR count). The molecule has 0 spiro atoms. The second kappa shape index (κ2) is 7.99. The minimum Gasteiger partial charge on any atom is -0.350 e. The largest absolute Gasteiger partial charge is 0.350 e. The molecule has 1 aromatic carbocycles. The third-order valence-corrected chi connectivity index (χ3v) is 4.23. The first-order chi connectivity index (χ1) is 13.0. The quantitative estimate of drug-likeness (QED) is 0.697. The van der Waals surface area contributed by atoms with Crippen molar-refractivity contribution in [1.29, 1.82) is 0 Å². The van der Waals surface area contributed by atoms with Crippen LogP contribution in [0, 0.1) is 5.82 Å². The van der Waals surface area contributed by atoms with Crippen molar-refractivity contribution in [3.05, 3.63) is 65.9 Å². The van der Waals surface area contributed by atoms with E-state index in [4.69, 9.17) is 0 Å². The molecule has 2 N–H and O–H groups in total. The molecule has 0 saturated carbocycles. The number of nitrogens with one attached hydrogen (secondary N) is 2. The number of pyridine rings is 1. The summed E-state index contributed by atoms with van der Waals surface area (Å²) >= 11 is 0. The monoisotopic (exact) mass is 368 g/mol. The van der Waals surface area contributed by atoms with E-state index >= 15 is 0 Å². The van der Waals surface area contributed by atoms with E-state index in [0.29, 0.717) is 5.65 Å². The van der Waals surface area contributed by atoms with Gasteiger partial charge < -0.3 is 10.6 Å². The average molecular weight is 368 g/mol. The lowest BCUT2D eigenvalue weighted by Gasteiger charge is -2.14. The topological polar surface area (TPSA) is 75.5 Å². The van der Waals surface area contributed by atoms with Gasteiger partial charge in [0.05, 0.1) is 11.9 Å². The fourth-order valence-electron chi connectivity index (χ4n) is 2.86. The summed E-state index contributed by atoms with van der Waals surface area (Å²) < 4.78 is 15.8. The van der Waals surface area contributed by atoms with Crippen LogP contribution in [-0.4, -0.2) is 27.2 Å². The normalized spacial score (nSPS) is 12.0. The minimum absolute atomic E-state index is 0.0174. The van der Waals surface area contributed by atoms with Gasteiger partial charge in [-0.3, -0.25) is 14.0 Å². The molecule has 1 unspecified atom stereocenters. The number of halogens is 1. The smallest absolute Gasteiger partial charge is 0.274 e. The molecular weight excluding hydrogens is 347 g/mol. The lowest BCUT2D eigenvalue weighted by Crippen LogP contribution is -2.32. The zero-order valence-electron chi connectivity index (χ0n) is 15.2. The maximum absolute atomic E-state index is 14.2. The van der Waals surface area contributed by atoms with Crippen molar-refractivity contribution in [2.45, 2.75) is 32.7 Å². The van der Waals surface area contributed by atoms with Crippen molar-refractivity contribution in [2.24, 2.45) is 0 Å². The lowest BCUT2D eigenvalue weighted by molar-refractivity contribution is 0.0937. The number of nitrogens with zero attached hydrogens (tertiary/aromatic N) is 2. The Morgan fingerprint density at radius 1 is 1.22 bits per heavy atom. The Labute approximate surface area is 156 Å². The number of amides is 2. The Morgan fingerprint density at radius 2 is 2.04 bits per heavy atom. The highest BCUT2D eigenvalue weighted by atomic mass is 19.1. The number of fused-ring (bicyclic) bond motifs is 1. The van der Waals surface area contributed by atoms with Crippen molar-refractivity contribution >= 4 is 23.1 Å². The summed E-state index contributed by atoms with van der Waals surface area (Å²) in [5, 5.41) is 5.38. The third-order valence-electron chi connectivity index (χ3n) is 4.23. The number of hydrogen-bond acceptors (Lipinski definition) is 3. The Kier molecular flexibility index (Phi) is 5.49. The molecule has 2 heterocycles. The van der Waals surface area contributed by atoms with Crippen LogP contribution in [0.5, 0.6) is 0 Å². The Hall–Kier alpha value is -3.22. The number of rotatable bonds is 6. The SMILES string of the molecule is CCCC(C)NC(=O)c1ccc(F)c(NC(=O)c2cnc3ccccn23)c1. The minimum atomic E-state index is -0.615. The van der Waals surface area contributed by atoms with Crippen LogP contribution >= 0.6 is 0 Å². The standard InChI is InChI=1S/C20H21FN4O2/c1-3-6-13(2)23-19(26)14-8-9-15(21)16(11-14)24-20(27)17-12-22-18-7-4-5-10-25(17)18/h4-5,7-13H,3,6H2,1-2H3,(H,23,26)(H,24,27). The third kappa shape index (κ3) is 4.13. The summed E-state index contributed by atoms with van der Waals surface area (Å²) in [6.07, 6.45) is 4.93. The Morgan fingerprint density at radius 3 is 2.81 bits per heavy atom. The van der Waals surface area contributed by atoms with Crippen LogP contribution in [0.1, 0.15) is 47.5 Å². The molecule has 3 aromatic rings. The molecule has 0 fully saturated rings.